The van der Waals surface area contributed by atoms with Crippen molar-refractivity contribution >= 4 is 29.7 Å². The molecule has 4 N–H and O–H groups in total. The highest BCUT2D eigenvalue weighted by atomic mass is 16.5. The number of allylic oxidation sites excluding steroid dienone is 1. The van der Waals surface area contributed by atoms with Crippen LogP contribution in [-0.2, 0) is 11.2 Å². The molecule has 0 radical (unpaired) electrons. The SMILES string of the molecule is C[C@@]1(O)COc2cc(N3CCC(C#N)CC3)c(NC(=O)/C(C=N)=C3\N=CC=CN3)cc2C1. The van der Waals surface area contributed by atoms with Crippen molar-refractivity contribution in [3.63, 3.8) is 0 Å². The molecule has 0 saturated carbocycles. The fraction of sp³-hybridized carbons (Fsp3) is 0.391. The van der Waals surface area contributed by atoms with E-state index in [1.807, 2.05) is 12.1 Å². The molecule has 1 amide bonds. The van der Waals surface area contributed by atoms with Crippen molar-refractivity contribution in [2.75, 3.05) is 29.9 Å². The summed E-state index contributed by atoms with van der Waals surface area (Å²) in [7, 11) is 0. The Balaban J connectivity index is 1.68. The normalized spacial score (nSPS) is 24.0. The van der Waals surface area contributed by atoms with E-state index in [0.717, 1.165) is 30.3 Å². The minimum Gasteiger partial charge on any atom is -0.490 e. The Morgan fingerprint density at radius 2 is 2.25 bits per heavy atom. The Kier molecular flexibility index (Phi) is 5.97. The Labute approximate surface area is 186 Å². The molecule has 1 saturated heterocycles. The number of rotatable bonds is 4. The first-order valence-electron chi connectivity index (χ1n) is 10.6. The van der Waals surface area contributed by atoms with Gasteiger partial charge in [-0.25, -0.2) is 4.99 Å². The Morgan fingerprint density at radius 3 is 2.91 bits per heavy atom. The lowest BCUT2D eigenvalue weighted by Crippen LogP contribution is -2.39. The van der Waals surface area contributed by atoms with Crippen LogP contribution in [-0.4, -0.2) is 48.7 Å². The van der Waals surface area contributed by atoms with E-state index in [4.69, 9.17) is 10.1 Å². The van der Waals surface area contributed by atoms with E-state index in [0.29, 0.717) is 36.8 Å². The molecule has 3 aliphatic rings. The molecule has 3 aliphatic heterocycles. The number of nitrogens with zero attached hydrogens (tertiary/aromatic N) is 3. The van der Waals surface area contributed by atoms with Crippen molar-refractivity contribution in [3.05, 3.63) is 41.4 Å². The zero-order chi connectivity index (χ0) is 22.7. The highest BCUT2D eigenvalue weighted by Gasteiger charge is 2.31. The van der Waals surface area contributed by atoms with Crippen LogP contribution in [0.1, 0.15) is 25.3 Å². The van der Waals surface area contributed by atoms with Crippen LogP contribution in [0.15, 0.2) is 40.8 Å². The molecule has 4 rings (SSSR count). The summed E-state index contributed by atoms with van der Waals surface area (Å²) in [6.45, 7) is 3.29. The number of fused-ring (bicyclic) bond motifs is 1. The number of carbonyl (C=O) groups is 1. The maximum atomic E-state index is 13.1. The summed E-state index contributed by atoms with van der Waals surface area (Å²) >= 11 is 0. The number of nitrogens with one attached hydrogen (secondary N) is 3. The average Bonchev–Trinajstić information content (AvgIpc) is 2.79. The zero-order valence-electron chi connectivity index (χ0n) is 17.9. The van der Waals surface area contributed by atoms with Crippen LogP contribution in [0.2, 0.25) is 0 Å². The third kappa shape index (κ3) is 4.50. The molecule has 0 spiro atoms. The highest BCUT2D eigenvalue weighted by Crippen LogP contribution is 2.39. The predicted molar refractivity (Wildman–Crippen MR) is 122 cm³/mol. The predicted octanol–water partition coefficient (Wildman–Crippen LogP) is 2.10. The molecule has 166 valence electrons. The lowest BCUT2D eigenvalue weighted by Gasteiger charge is -2.35. The number of amides is 1. The summed E-state index contributed by atoms with van der Waals surface area (Å²) in [6, 6.07) is 6.06. The third-order valence-electron chi connectivity index (χ3n) is 5.81. The van der Waals surface area contributed by atoms with Gasteiger partial charge in [-0.1, -0.05) is 0 Å². The lowest BCUT2D eigenvalue weighted by atomic mass is 9.92. The molecule has 0 aliphatic carbocycles. The first kappa shape index (κ1) is 21.6. The average molecular weight is 435 g/mol. The summed E-state index contributed by atoms with van der Waals surface area (Å²) < 4.78 is 5.81. The van der Waals surface area contributed by atoms with Crippen molar-refractivity contribution < 1.29 is 14.6 Å². The van der Waals surface area contributed by atoms with Gasteiger partial charge in [-0.2, -0.15) is 5.26 Å². The number of nitriles is 1. The first-order chi connectivity index (χ1) is 15.4. The number of hydrogen-bond acceptors (Lipinski definition) is 8. The number of ether oxygens (including phenoxy) is 1. The summed E-state index contributed by atoms with van der Waals surface area (Å²) in [4.78, 5) is 19.3. The summed E-state index contributed by atoms with van der Waals surface area (Å²) in [5.41, 5.74) is 1.27. The minimum absolute atomic E-state index is 0.0332. The minimum atomic E-state index is -0.990. The fourth-order valence-corrected chi connectivity index (χ4v) is 4.10. The molecule has 1 fully saturated rings. The van der Waals surface area contributed by atoms with E-state index in [1.54, 1.807) is 25.4 Å². The Hall–Kier alpha value is -3.64. The molecule has 9 nitrogen and oxygen atoms in total. The summed E-state index contributed by atoms with van der Waals surface area (Å²) in [5, 5.41) is 33.2. The molecule has 1 aromatic rings. The second-order valence-electron chi connectivity index (χ2n) is 8.47. The Morgan fingerprint density at radius 1 is 1.47 bits per heavy atom. The van der Waals surface area contributed by atoms with Crippen LogP contribution >= 0.6 is 0 Å². The van der Waals surface area contributed by atoms with Crippen LogP contribution < -0.4 is 20.3 Å². The number of benzene rings is 1. The van der Waals surface area contributed by atoms with Crippen LogP contribution in [0.25, 0.3) is 0 Å². The van der Waals surface area contributed by atoms with E-state index in [-0.39, 0.29) is 18.1 Å². The van der Waals surface area contributed by atoms with Gasteiger partial charge in [0.15, 0.2) is 0 Å². The van der Waals surface area contributed by atoms with E-state index >= 15 is 0 Å². The van der Waals surface area contributed by atoms with Gasteiger partial charge in [0, 0.05) is 50.1 Å². The van der Waals surface area contributed by atoms with E-state index in [9.17, 15) is 15.2 Å². The number of piperidine rings is 1. The lowest BCUT2D eigenvalue weighted by molar-refractivity contribution is -0.112. The molecule has 0 unspecified atom stereocenters. The molecule has 1 atom stereocenters. The first-order valence-corrected chi connectivity index (χ1v) is 10.6. The topological polar surface area (TPSA) is 134 Å². The van der Waals surface area contributed by atoms with Gasteiger partial charge in [-0.3, -0.25) is 4.79 Å². The molecule has 0 aromatic heterocycles. The van der Waals surface area contributed by atoms with Gasteiger partial charge < -0.3 is 30.8 Å². The van der Waals surface area contributed by atoms with Crippen molar-refractivity contribution in [2.24, 2.45) is 10.9 Å². The van der Waals surface area contributed by atoms with Gasteiger partial charge in [0.2, 0.25) is 0 Å². The Bertz CT molecular complexity index is 1060. The quantitative estimate of drug-likeness (QED) is 0.424. The van der Waals surface area contributed by atoms with Gasteiger partial charge in [0.25, 0.3) is 5.91 Å². The molecular weight excluding hydrogens is 408 g/mol. The number of aliphatic hydroxyl groups is 1. The number of aliphatic imine (C=N–C) groups is 1. The van der Waals surface area contributed by atoms with Crippen LogP contribution in [0.4, 0.5) is 11.4 Å². The third-order valence-corrected chi connectivity index (χ3v) is 5.81. The smallest absolute Gasteiger partial charge is 0.261 e. The van der Waals surface area contributed by atoms with E-state index < -0.39 is 11.5 Å². The van der Waals surface area contributed by atoms with Gasteiger partial charge in [0.1, 0.15) is 18.2 Å². The summed E-state index contributed by atoms with van der Waals surface area (Å²) in [5.74, 6) is 0.541. The van der Waals surface area contributed by atoms with E-state index in [1.165, 1.54) is 0 Å². The molecule has 3 heterocycles. The molecule has 32 heavy (non-hydrogen) atoms. The molecule has 0 bridgehead atoms. The second-order valence-corrected chi connectivity index (χ2v) is 8.47. The van der Waals surface area contributed by atoms with Crippen molar-refractivity contribution in [1.82, 2.24) is 5.32 Å². The van der Waals surface area contributed by atoms with Crippen molar-refractivity contribution in [1.29, 1.82) is 10.7 Å². The molecular formula is C23H26N6O3. The van der Waals surface area contributed by atoms with Crippen molar-refractivity contribution in [2.45, 2.75) is 31.8 Å². The van der Waals surface area contributed by atoms with Crippen molar-refractivity contribution in [3.8, 4) is 11.8 Å². The fourth-order valence-electron chi connectivity index (χ4n) is 4.10. The highest BCUT2D eigenvalue weighted by molar-refractivity contribution is 6.18. The number of hydrogen-bond donors (Lipinski definition) is 4. The standard InChI is InChI=1S/C23H26N6O3/c1-23(31)11-16-9-18(28-22(30)17(13-25)21-26-5-2-6-27-21)19(10-20(16)32-14-23)29-7-3-15(12-24)4-8-29/h2,5-6,9-10,13,15,25-26,31H,3-4,7-8,11,14H2,1H3,(H,28,30)/b21-17-,25-13?/t23-/m0/s1. The molecule has 1 aromatic carbocycles. The maximum absolute atomic E-state index is 13.1. The second kappa shape index (κ2) is 8.85. The van der Waals surface area contributed by atoms with Gasteiger partial charge in [-0.15, -0.1) is 0 Å². The number of carbonyl (C=O) groups excluding carboxylic acids is 1. The zero-order valence-corrected chi connectivity index (χ0v) is 17.9. The van der Waals surface area contributed by atoms with E-state index in [2.05, 4.69) is 26.6 Å². The van der Waals surface area contributed by atoms with Crippen LogP contribution in [0.5, 0.6) is 5.75 Å². The van der Waals surface area contributed by atoms with Crippen LogP contribution in [0.3, 0.4) is 0 Å². The number of anilines is 2. The van der Waals surface area contributed by atoms with Gasteiger partial charge in [0.05, 0.1) is 28.6 Å². The van der Waals surface area contributed by atoms with Crippen LogP contribution in [0, 0.1) is 22.7 Å². The largest absolute Gasteiger partial charge is 0.490 e. The molecule has 9 heteroatoms. The van der Waals surface area contributed by atoms with Gasteiger partial charge >= 0.3 is 0 Å². The van der Waals surface area contributed by atoms with Gasteiger partial charge in [-0.05, 0) is 37.5 Å². The summed E-state index contributed by atoms with van der Waals surface area (Å²) in [6.07, 6.45) is 7.75. The monoisotopic (exact) mass is 434 g/mol. The maximum Gasteiger partial charge on any atom is 0.261 e.